The molecule has 2 aliphatic rings. The normalized spacial score (nSPS) is 26.4. The van der Waals surface area contributed by atoms with Crippen molar-refractivity contribution in [1.29, 1.82) is 0 Å². The summed E-state index contributed by atoms with van der Waals surface area (Å²) in [6.45, 7) is 3.77. The van der Waals surface area contributed by atoms with Crippen LogP contribution in [-0.2, 0) is 4.79 Å². The van der Waals surface area contributed by atoms with Gasteiger partial charge < -0.3 is 9.52 Å². The Labute approximate surface area is 184 Å². The van der Waals surface area contributed by atoms with E-state index >= 15 is 0 Å². The summed E-state index contributed by atoms with van der Waals surface area (Å²) in [5.74, 6) is 1.58. The van der Waals surface area contributed by atoms with Gasteiger partial charge in [0.15, 0.2) is 5.78 Å². The molecule has 31 heavy (non-hydrogen) atoms. The molecule has 0 aliphatic heterocycles. The first-order valence-corrected chi connectivity index (χ1v) is 11.7. The predicted molar refractivity (Wildman–Crippen MR) is 121 cm³/mol. The molecule has 5 nitrogen and oxygen atoms in total. The van der Waals surface area contributed by atoms with E-state index < -0.39 is 0 Å². The van der Waals surface area contributed by atoms with Crippen LogP contribution in [-0.4, -0.2) is 28.9 Å². The van der Waals surface area contributed by atoms with E-state index in [0.717, 1.165) is 44.1 Å². The lowest BCUT2D eigenvalue weighted by molar-refractivity contribution is -0.124. The fraction of sp³-hybridized carbons (Fsp3) is 0.538. The number of carbonyl (C=O) groups is 2. The summed E-state index contributed by atoms with van der Waals surface area (Å²) in [7, 11) is 0. The molecular formula is C26H33NO4. The number of anilines is 1. The number of furan rings is 1. The van der Waals surface area contributed by atoms with E-state index in [4.69, 9.17) is 4.42 Å². The molecule has 0 radical (unpaired) electrons. The fourth-order valence-corrected chi connectivity index (χ4v) is 5.02. The van der Waals surface area contributed by atoms with E-state index in [1.807, 2.05) is 30.3 Å². The minimum Gasteiger partial charge on any atom is -0.439 e. The summed E-state index contributed by atoms with van der Waals surface area (Å²) in [6, 6.07) is 11.4. The van der Waals surface area contributed by atoms with Gasteiger partial charge in [0.05, 0.1) is 11.7 Å². The van der Waals surface area contributed by atoms with E-state index in [9.17, 15) is 14.7 Å². The molecular weight excluding hydrogens is 390 g/mol. The zero-order valence-electron chi connectivity index (χ0n) is 18.5. The summed E-state index contributed by atoms with van der Waals surface area (Å²) in [5, 5.41) is 10.0. The molecule has 5 heteroatoms. The summed E-state index contributed by atoms with van der Waals surface area (Å²) in [5.41, 5.74) is 1.34. The van der Waals surface area contributed by atoms with Crippen LogP contribution in [0.5, 0.6) is 0 Å². The average molecular weight is 424 g/mol. The van der Waals surface area contributed by atoms with Crippen LogP contribution in [0.3, 0.4) is 0 Å². The minimum atomic E-state index is -0.313. The number of benzene rings is 1. The highest BCUT2D eigenvalue weighted by Crippen LogP contribution is 2.39. The summed E-state index contributed by atoms with van der Waals surface area (Å²) < 4.78 is 6.26. The zero-order valence-corrected chi connectivity index (χ0v) is 18.5. The molecule has 0 atom stereocenters. The maximum Gasteiger partial charge on any atom is 0.232 e. The standard InChI is InChI=1S/C26H33NO4/c1-17-8-10-20(11-9-17)25(30)27(21-12-14-22(29)15-13-21)26-23(18(2)28)16-24(31-26)19-6-4-3-5-7-19/h3-7,16-17,20-22,29H,8-15H2,1-2H3/t17-,20-,21-,22+. The van der Waals surface area contributed by atoms with Gasteiger partial charge in [0.2, 0.25) is 11.8 Å². The second-order valence-electron chi connectivity index (χ2n) is 9.38. The first-order valence-electron chi connectivity index (χ1n) is 11.7. The molecule has 1 N–H and O–H groups in total. The van der Waals surface area contributed by atoms with Crippen molar-refractivity contribution < 1.29 is 19.1 Å². The van der Waals surface area contributed by atoms with E-state index in [1.165, 1.54) is 6.92 Å². The Kier molecular flexibility index (Phi) is 6.61. The van der Waals surface area contributed by atoms with Crippen molar-refractivity contribution in [2.45, 2.75) is 77.4 Å². The van der Waals surface area contributed by atoms with Crippen molar-refractivity contribution in [3.05, 3.63) is 42.0 Å². The quantitative estimate of drug-likeness (QED) is 0.634. The summed E-state index contributed by atoms with van der Waals surface area (Å²) in [4.78, 5) is 28.1. The number of hydrogen-bond acceptors (Lipinski definition) is 4. The van der Waals surface area contributed by atoms with Crippen LogP contribution in [0.25, 0.3) is 11.3 Å². The van der Waals surface area contributed by atoms with Gasteiger partial charge in [-0.15, -0.1) is 0 Å². The van der Waals surface area contributed by atoms with Crippen molar-refractivity contribution in [2.75, 3.05) is 4.90 Å². The van der Waals surface area contributed by atoms with Gasteiger partial charge >= 0.3 is 0 Å². The number of amides is 1. The maximum absolute atomic E-state index is 13.8. The zero-order chi connectivity index (χ0) is 22.0. The molecule has 2 aliphatic carbocycles. The highest BCUT2D eigenvalue weighted by atomic mass is 16.4. The van der Waals surface area contributed by atoms with Crippen molar-refractivity contribution in [3.63, 3.8) is 0 Å². The van der Waals surface area contributed by atoms with Crippen LogP contribution in [0.4, 0.5) is 5.88 Å². The number of nitrogens with zero attached hydrogens (tertiary/aromatic N) is 1. The Hall–Kier alpha value is -2.40. The highest BCUT2D eigenvalue weighted by Gasteiger charge is 2.38. The molecule has 0 bridgehead atoms. The van der Waals surface area contributed by atoms with Crippen LogP contribution in [0, 0.1) is 11.8 Å². The summed E-state index contributed by atoms with van der Waals surface area (Å²) in [6.07, 6.45) is 6.33. The molecule has 166 valence electrons. The van der Waals surface area contributed by atoms with Gasteiger partial charge in [-0.1, -0.05) is 37.3 Å². The Bertz CT molecular complexity index is 903. The number of aliphatic hydroxyl groups is 1. The second kappa shape index (κ2) is 9.39. The largest absolute Gasteiger partial charge is 0.439 e. The van der Waals surface area contributed by atoms with Gasteiger partial charge in [-0.2, -0.15) is 0 Å². The lowest BCUT2D eigenvalue weighted by atomic mass is 9.81. The Morgan fingerprint density at radius 2 is 1.61 bits per heavy atom. The van der Waals surface area contributed by atoms with Crippen molar-refractivity contribution in [3.8, 4) is 11.3 Å². The molecule has 2 saturated carbocycles. The molecule has 0 unspecified atom stereocenters. The molecule has 0 spiro atoms. The van der Waals surface area contributed by atoms with Crippen LogP contribution < -0.4 is 4.90 Å². The number of hydrogen-bond donors (Lipinski definition) is 1. The third kappa shape index (κ3) is 4.77. The molecule has 2 fully saturated rings. The Balaban J connectivity index is 1.73. The first kappa shape index (κ1) is 21.8. The van der Waals surface area contributed by atoms with E-state index in [1.54, 1.807) is 11.0 Å². The number of Topliss-reactive ketones (excluding diaryl/α,β-unsaturated/α-hetero) is 1. The van der Waals surface area contributed by atoms with E-state index in [-0.39, 0.29) is 29.8 Å². The molecule has 2 aromatic rings. The van der Waals surface area contributed by atoms with Gasteiger partial charge in [0.1, 0.15) is 5.76 Å². The van der Waals surface area contributed by atoms with Gasteiger partial charge in [0.25, 0.3) is 0 Å². The number of ketones is 1. The number of aliphatic hydroxyl groups excluding tert-OH is 1. The lowest BCUT2D eigenvalue weighted by Gasteiger charge is -2.37. The molecule has 1 aromatic carbocycles. The topological polar surface area (TPSA) is 70.8 Å². The second-order valence-corrected chi connectivity index (χ2v) is 9.38. The number of carbonyl (C=O) groups excluding carboxylic acids is 2. The molecule has 1 aromatic heterocycles. The number of rotatable bonds is 5. The van der Waals surface area contributed by atoms with Crippen molar-refractivity contribution in [2.24, 2.45) is 11.8 Å². The average Bonchev–Trinajstić information content (AvgIpc) is 3.22. The molecule has 1 heterocycles. The monoisotopic (exact) mass is 423 g/mol. The lowest BCUT2D eigenvalue weighted by Crippen LogP contribution is -2.47. The Morgan fingerprint density at radius 3 is 2.23 bits per heavy atom. The van der Waals surface area contributed by atoms with Crippen molar-refractivity contribution >= 4 is 17.6 Å². The van der Waals surface area contributed by atoms with Crippen LogP contribution in [0.15, 0.2) is 40.8 Å². The van der Waals surface area contributed by atoms with Crippen molar-refractivity contribution in [1.82, 2.24) is 0 Å². The van der Waals surface area contributed by atoms with Gasteiger partial charge in [-0.25, -0.2) is 0 Å². The van der Waals surface area contributed by atoms with E-state index in [0.29, 0.717) is 36.0 Å². The van der Waals surface area contributed by atoms with E-state index in [2.05, 4.69) is 6.92 Å². The smallest absolute Gasteiger partial charge is 0.232 e. The third-order valence-electron chi connectivity index (χ3n) is 7.00. The van der Waals surface area contributed by atoms with Crippen LogP contribution in [0.2, 0.25) is 0 Å². The van der Waals surface area contributed by atoms with Crippen LogP contribution >= 0.6 is 0 Å². The van der Waals surface area contributed by atoms with Gasteiger partial charge in [0, 0.05) is 17.5 Å². The Morgan fingerprint density at radius 1 is 0.968 bits per heavy atom. The third-order valence-corrected chi connectivity index (χ3v) is 7.00. The summed E-state index contributed by atoms with van der Waals surface area (Å²) >= 11 is 0. The highest BCUT2D eigenvalue weighted by molar-refractivity contribution is 6.05. The first-order chi connectivity index (χ1) is 14.9. The maximum atomic E-state index is 13.8. The molecule has 0 saturated heterocycles. The minimum absolute atomic E-state index is 0.0341. The van der Waals surface area contributed by atoms with Crippen LogP contribution in [0.1, 0.15) is 75.6 Å². The molecule has 1 amide bonds. The van der Waals surface area contributed by atoms with Gasteiger partial charge in [-0.3, -0.25) is 14.5 Å². The molecule has 4 rings (SSSR count). The predicted octanol–water partition coefficient (Wildman–Crippen LogP) is 5.61. The van der Waals surface area contributed by atoms with Gasteiger partial charge in [-0.05, 0) is 70.3 Å². The fourth-order valence-electron chi connectivity index (χ4n) is 5.02. The SMILES string of the molecule is CC(=O)c1cc(-c2ccccc2)oc1N(C(=O)[C@H]1CC[C@H](C)CC1)[C@H]1CC[C@@H](O)CC1.